The van der Waals surface area contributed by atoms with E-state index in [1.165, 1.54) is 24.3 Å². The fraction of sp³-hybridized carbons (Fsp3) is 0.143. The van der Waals surface area contributed by atoms with E-state index in [4.69, 9.17) is 10.5 Å². The minimum Gasteiger partial charge on any atom is -0.457 e. The monoisotopic (exact) mass is 498 g/mol. The summed E-state index contributed by atoms with van der Waals surface area (Å²) in [6, 6.07) is 17.3. The van der Waals surface area contributed by atoms with E-state index in [0.29, 0.717) is 52.4 Å². The predicted octanol–water partition coefficient (Wildman–Crippen LogP) is 4.93. The van der Waals surface area contributed by atoms with E-state index in [9.17, 15) is 18.8 Å². The molecule has 1 aromatic heterocycles. The van der Waals surface area contributed by atoms with Crippen LogP contribution in [-0.4, -0.2) is 22.7 Å². The maximum atomic E-state index is 13.1. The lowest BCUT2D eigenvalue weighted by Crippen LogP contribution is -2.35. The van der Waals surface area contributed by atoms with Gasteiger partial charge in [0.2, 0.25) is 17.7 Å². The summed E-state index contributed by atoms with van der Waals surface area (Å²) >= 11 is 0. The van der Waals surface area contributed by atoms with Gasteiger partial charge in [-0.15, -0.1) is 0 Å². The molecule has 0 unspecified atom stereocenters. The maximum absolute atomic E-state index is 13.1. The molecule has 0 radical (unpaired) electrons. The number of halogens is 1. The highest BCUT2D eigenvalue weighted by molar-refractivity contribution is 6.16. The van der Waals surface area contributed by atoms with Crippen LogP contribution in [0.1, 0.15) is 28.8 Å². The first kappa shape index (κ1) is 23.9. The van der Waals surface area contributed by atoms with Crippen LogP contribution in [0.2, 0.25) is 0 Å². The van der Waals surface area contributed by atoms with Gasteiger partial charge in [-0.2, -0.15) is 0 Å². The molecule has 1 heterocycles. The van der Waals surface area contributed by atoms with Crippen molar-refractivity contribution in [3.8, 4) is 11.5 Å². The number of hydrogen-bond donors (Lipinski definition) is 3. The van der Waals surface area contributed by atoms with E-state index >= 15 is 0 Å². The third-order valence-corrected chi connectivity index (χ3v) is 6.37. The van der Waals surface area contributed by atoms with Crippen LogP contribution in [0, 0.1) is 18.2 Å². The summed E-state index contributed by atoms with van der Waals surface area (Å²) < 4.78 is 19.2. The number of pyridine rings is 1. The van der Waals surface area contributed by atoms with E-state index < -0.39 is 29.0 Å². The fourth-order valence-corrected chi connectivity index (χ4v) is 4.08. The molecule has 8 nitrogen and oxygen atoms in total. The van der Waals surface area contributed by atoms with Gasteiger partial charge < -0.3 is 21.1 Å². The van der Waals surface area contributed by atoms with E-state index in [1.807, 2.05) is 0 Å². The molecule has 3 amide bonds. The van der Waals surface area contributed by atoms with Crippen LogP contribution in [0.25, 0.3) is 10.9 Å². The molecule has 1 aliphatic carbocycles. The Bertz CT molecular complexity index is 1530. The number of rotatable bonds is 7. The van der Waals surface area contributed by atoms with Crippen molar-refractivity contribution < 1.29 is 23.5 Å². The van der Waals surface area contributed by atoms with E-state index in [-0.39, 0.29) is 0 Å². The number of fused-ring (bicyclic) bond motifs is 1. The highest BCUT2D eigenvalue weighted by atomic mass is 19.1. The second-order valence-corrected chi connectivity index (χ2v) is 8.98. The Morgan fingerprint density at radius 1 is 0.919 bits per heavy atom. The van der Waals surface area contributed by atoms with Gasteiger partial charge in [0.05, 0.1) is 5.52 Å². The number of carbonyl (C=O) groups excluding carboxylic acids is 3. The molecule has 0 spiro atoms. The zero-order valence-electron chi connectivity index (χ0n) is 19.9. The lowest BCUT2D eigenvalue weighted by atomic mass is 10.0. The molecule has 3 aromatic carbocycles. The van der Waals surface area contributed by atoms with Gasteiger partial charge in [-0.05, 0) is 92.1 Å². The zero-order valence-corrected chi connectivity index (χ0v) is 19.9. The molecule has 37 heavy (non-hydrogen) atoms. The molecule has 1 aliphatic rings. The molecule has 0 bridgehead atoms. The first-order valence-corrected chi connectivity index (χ1v) is 11.6. The van der Waals surface area contributed by atoms with Gasteiger partial charge in [0, 0.05) is 28.5 Å². The van der Waals surface area contributed by atoms with Gasteiger partial charge in [0.15, 0.2) is 0 Å². The Morgan fingerprint density at radius 3 is 2.08 bits per heavy atom. The predicted molar refractivity (Wildman–Crippen MR) is 137 cm³/mol. The lowest BCUT2D eigenvalue weighted by Gasteiger charge is -2.16. The number of benzene rings is 3. The number of aromatic nitrogens is 1. The van der Waals surface area contributed by atoms with Crippen LogP contribution in [-0.2, 0) is 9.59 Å². The standard InChI is InChI=1S/C28H23FN4O4/c1-16-14-22-23(15-21(16)25(30)34)31-13-10-24(22)37-20-8-6-19(7-9-20)33-27(36)28(11-12-28)26(35)32-18-4-2-17(29)3-5-18/h2-10,13-15H,11-12H2,1H3,(H2,30,34)(H,32,35)(H,33,36). The second kappa shape index (κ2) is 9.34. The average Bonchev–Trinajstić information content (AvgIpc) is 3.69. The number of aryl methyl sites for hydroxylation is 1. The summed E-state index contributed by atoms with van der Waals surface area (Å²) in [5, 5.41) is 6.21. The summed E-state index contributed by atoms with van der Waals surface area (Å²) in [5.41, 5.74) is 6.92. The largest absolute Gasteiger partial charge is 0.457 e. The van der Waals surface area contributed by atoms with Gasteiger partial charge in [-0.1, -0.05) is 0 Å². The number of nitrogens with two attached hydrogens (primary N) is 1. The van der Waals surface area contributed by atoms with Crippen molar-refractivity contribution in [2.24, 2.45) is 11.1 Å². The summed E-state index contributed by atoms with van der Waals surface area (Å²) in [6.07, 6.45) is 2.44. The van der Waals surface area contributed by atoms with Crippen LogP contribution in [0.3, 0.4) is 0 Å². The van der Waals surface area contributed by atoms with Crippen molar-refractivity contribution in [3.05, 3.63) is 89.9 Å². The quantitative estimate of drug-likeness (QED) is 0.312. The molecule has 0 atom stereocenters. The maximum Gasteiger partial charge on any atom is 0.249 e. The number of ether oxygens (including phenoxy) is 1. The van der Waals surface area contributed by atoms with E-state index in [2.05, 4.69) is 15.6 Å². The minimum atomic E-state index is -1.15. The lowest BCUT2D eigenvalue weighted by molar-refractivity contribution is -0.131. The number of carbonyl (C=O) groups is 3. The Hall–Kier alpha value is -4.79. The smallest absolute Gasteiger partial charge is 0.249 e. The SMILES string of the molecule is Cc1cc2c(Oc3ccc(NC(=O)C4(C(=O)Nc5ccc(F)cc5)CC4)cc3)ccnc2cc1C(N)=O. The molecular formula is C28H23FN4O4. The summed E-state index contributed by atoms with van der Waals surface area (Å²) in [7, 11) is 0. The third kappa shape index (κ3) is 4.84. The number of hydrogen-bond acceptors (Lipinski definition) is 5. The Morgan fingerprint density at radius 2 is 1.51 bits per heavy atom. The average molecular weight is 499 g/mol. The summed E-state index contributed by atoms with van der Waals surface area (Å²) in [5.74, 6) is -0.676. The van der Waals surface area contributed by atoms with Crippen molar-refractivity contribution in [1.29, 1.82) is 0 Å². The van der Waals surface area contributed by atoms with Crippen LogP contribution >= 0.6 is 0 Å². The molecule has 0 saturated heterocycles. The second-order valence-electron chi connectivity index (χ2n) is 8.98. The highest BCUT2D eigenvalue weighted by Gasteiger charge is 2.56. The van der Waals surface area contributed by atoms with Gasteiger partial charge in [0.25, 0.3) is 0 Å². The van der Waals surface area contributed by atoms with E-state index in [1.54, 1.807) is 55.6 Å². The fourth-order valence-electron chi connectivity index (χ4n) is 4.08. The number of nitrogens with one attached hydrogen (secondary N) is 2. The van der Waals surface area contributed by atoms with Crippen molar-refractivity contribution in [2.45, 2.75) is 19.8 Å². The zero-order chi connectivity index (χ0) is 26.2. The first-order chi connectivity index (χ1) is 17.7. The number of primary amides is 1. The molecule has 4 N–H and O–H groups in total. The third-order valence-electron chi connectivity index (χ3n) is 6.37. The highest BCUT2D eigenvalue weighted by Crippen LogP contribution is 2.47. The number of nitrogens with zero attached hydrogens (tertiary/aromatic N) is 1. The summed E-state index contributed by atoms with van der Waals surface area (Å²) in [4.78, 5) is 41.6. The van der Waals surface area contributed by atoms with Gasteiger partial charge in [-0.25, -0.2) is 4.39 Å². The normalized spacial score (nSPS) is 13.6. The number of anilines is 2. The molecule has 5 rings (SSSR count). The molecular weight excluding hydrogens is 475 g/mol. The van der Waals surface area contributed by atoms with Gasteiger partial charge in [0.1, 0.15) is 22.7 Å². The molecule has 1 saturated carbocycles. The van der Waals surface area contributed by atoms with Crippen molar-refractivity contribution >= 4 is 40.0 Å². The first-order valence-electron chi connectivity index (χ1n) is 11.6. The van der Waals surface area contributed by atoms with Gasteiger partial charge >= 0.3 is 0 Å². The molecule has 186 valence electrons. The van der Waals surface area contributed by atoms with Crippen molar-refractivity contribution in [2.75, 3.05) is 10.6 Å². The topological polar surface area (TPSA) is 123 Å². The Kier molecular flexibility index (Phi) is 6.04. The van der Waals surface area contributed by atoms with Crippen LogP contribution in [0.5, 0.6) is 11.5 Å². The minimum absolute atomic E-state index is 0.400. The number of amides is 3. The Labute approximate surface area is 211 Å². The van der Waals surface area contributed by atoms with Crippen LogP contribution in [0.4, 0.5) is 15.8 Å². The van der Waals surface area contributed by atoms with E-state index in [0.717, 1.165) is 5.39 Å². The Balaban J connectivity index is 1.27. The molecule has 9 heteroatoms. The molecule has 4 aromatic rings. The van der Waals surface area contributed by atoms with Crippen molar-refractivity contribution in [1.82, 2.24) is 4.98 Å². The van der Waals surface area contributed by atoms with Crippen LogP contribution in [0.15, 0.2) is 72.9 Å². The molecule has 0 aliphatic heterocycles. The molecule has 1 fully saturated rings. The van der Waals surface area contributed by atoms with Gasteiger partial charge in [-0.3, -0.25) is 19.4 Å². The summed E-state index contributed by atoms with van der Waals surface area (Å²) in [6.45, 7) is 1.79. The van der Waals surface area contributed by atoms with Crippen molar-refractivity contribution in [3.63, 3.8) is 0 Å². The van der Waals surface area contributed by atoms with Crippen LogP contribution < -0.4 is 21.1 Å².